The van der Waals surface area contributed by atoms with Crippen molar-refractivity contribution in [2.24, 2.45) is 0 Å². The highest BCUT2D eigenvalue weighted by Crippen LogP contribution is 2.18. The fourth-order valence-electron chi connectivity index (χ4n) is 2.04. The third-order valence-corrected chi connectivity index (χ3v) is 2.81. The third kappa shape index (κ3) is 2.66. The number of aromatic nitrogens is 4. The Balaban J connectivity index is 1.86. The topological polar surface area (TPSA) is 56.7 Å². The molecule has 0 aliphatic rings. The molecule has 5 heteroatoms. The average Bonchev–Trinajstić information content (AvgIpc) is 3.07. The van der Waals surface area contributed by atoms with E-state index in [2.05, 4.69) is 47.1 Å². The lowest BCUT2D eigenvalue weighted by atomic mass is 10.1. The summed E-state index contributed by atoms with van der Waals surface area (Å²) in [5.41, 5.74) is 3.42. The lowest BCUT2D eigenvalue weighted by Gasteiger charge is -2.00. The summed E-state index contributed by atoms with van der Waals surface area (Å²) in [7, 11) is 0. The summed E-state index contributed by atoms with van der Waals surface area (Å²) in [6.07, 6.45) is 8.28. The molecule has 0 fully saturated rings. The minimum atomic E-state index is 0.536. The standard InChI is InChI=1S/C15H14N4O/c1-11-7-12(2)9-13(8-11)15-17-10-19(18-15)5-3-14-16-4-6-20-14/h3-10H,1-2H3/b5-3-. The Morgan fingerprint density at radius 2 is 1.90 bits per heavy atom. The van der Waals surface area contributed by atoms with E-state index >= 15 is 0 Å². The highest BCUT2D eigenvalue weighted by atomic mass is 16.3. The quantitative estimate of drug-likeness (QED) is 0.730. The lowest BCUT2D eigenvalue weighted by Crippen LogP contribution is -1.88. The van der Waals surface area contributed by atoms with E-state index in [4.69, 9.17) is 4.42 Å². The minimum Gasteiger partial charge on any atom is -0.445 e. The van der Waals surface area contributed by atoms with Crippen molar-refractivity contribution in [3.63, 3.8) is 0 Å². The Hall–Kier alpha value is -2.69. The van der Waals surface area contributed by atoms with Gasteiger partial charge in [0.1, 0.15) is 12.6 Å². The fourth-order valence-corrected chi connectivity index (χ4v) is 2.04. The van der Waals surface area contributed by atoms with Crippen molar-refractivity contribution < 1.29 is 4.42 Å². The summed E-state index contributed by atoms with van der Waals surface area (Å²) >= 11 is 0. The molecule has 100 valence electrons. The molecule has 20 heavy (non-hydrogen) atoms. The van der Waals surface area contributed by atoms with Crippen LogP contribution in [0.3, 0.4) is 0 Å². The van der Waals surface area contributed by atoms with Gasteiger partial charge in [0.05, 0.1) is 6.20 Å². The number of nitrogens with zero attached hydrogens (tertiary/aromatic N) is 4. The molecule has 0 aliphatic carbocycles. The summed E-state index contributed by atoms with van der Waals surface area (Å²) in [4.78, 5) is 8.32. The summed E-state index contributed by atoms with van der Waals surface area (Å²) in [5, 5.41) is 4.41. The van der Waals surface area contributed by atoms with Crippen LogP contribution in [0.15, 0.2) is 41.4 Å². The molecule has 0 radical (unpaired) electrons. The first kappa shape index (κ1) is 12.3. The SMILES string of the molecule is Cc1cc(C)cc(-c2ncn(/C=C\c3ncco3)n2)c1. The predicted molar refractivity (Wildman–Crippen MR) is 76.7 cm³/mol. The van der Waals surface area contributed by atoms with Gasteiger partial charge in [0.25, 0.3) is 0 Å². The van der Waals surface area contributed by atoms with Crippen LogP contribution in [0, 0.1) is 13.8 Å². The highest BCUT2D eigenvalue weighted by molar-refractivity contribution is 5.58. The van der Waals surface area contributed by atoms with Gasteiger partial charge in [-0.2, -0.15) is 0 Å². The van der Waals surface area contributed by atoms with Crippen LogP contribution in [0.1, 0.15) is 17.0 Å². The molecule has 3 aromatic rings. The molecule has 5 nitrogen and oxygen atoms in total. The Labute approximate surface area is 116 Å². The maximum absolute atomic E-state index is 5.12. The van der Waals surface area contributed by atoms with Crippen molar-refractivity contribution in [2.45, 2.75) is 13.8 Å². The van der Waals surface area contributed by atoms with Gasteiger partial charge >= 0.3 is 0 Å². The molecule has 0 spiro atoms. The van der Waals surface area contributed by atoms with Crippen LogP contribution in [0.5, 0.6) is 0 Å². The maximum Gasteiger partial charge on any atom is 0.220 e. The van der Waals surface area contributed by atoms with Crippen molar-refractivity contribution in [1.82, 2.24) is 19.7 Å². The molecule has 1 aromatic carbocycles. The number of hydrogen-bond acceptors (Lipinski definition) is 4. The Bertz CT molecular complexity index is 721. The van der Waals surface area contributed by atoms with E-state index in [0.717, 1.165) is 5.56 Å². The van der Waals surface area contributed by atoms with Gasteiger partial charge in [-0.1, -0.05) is 17.2 Å². The molecule has 0 atom stereocenters. The van der Waals surface area contributed by atoms with Gasteiger partial charge in [0.2, 0.25) is 5.89 Å². The number of rotatable bonds is 3. The van der Waals surface area contributed by atoms with Crippen LogP contribution in [0.25, 0.3) is 23.7 Å². The number of hydrogen-bond donors (Lipinski definition) is 0. The largest absolute Gasteiger partial charge is 0.445 e. The third-order valence-electron chi connectivity index (χ3n) is 2.81. The smallest absolute Gasteiger partial charge is 0.220 e. The molecule has 2 aromatic heterocycles. The van der Waals surface area contributed by atoms with Crippen LogP contribution in [0.4, 0.5) is 0 Å². The van der Waals surface area contributed by atoms with Crippen LogP contribution >= 0.6 is 0 Å². The van der Waals surface area contributed by atoms with Gasteiger partial charge in [-0.15, -0.1) is 5.10 Å². The second-order valence-corrected chi connectivity index (χ2v) is 4.61. The Morgan fingerprint density at radius 1 is 1.10 bits per heavy atom. The van der Waals surface area contributed by atoms with E-state index in [1.807, 2.05) is 0 Å². The predicted octanol–water partition coefficient (Wildman–Crippen LogP) is 3.18. The second kappa shape index (κ2) is 5.13. The summed E-state index contributed by atoms with van der Waals surface area (Å²) < 4.78 is 6.75. The summed E-state index contributed by atoms with van der Waals surface area (Å²) in [6.45, 7) is 4.13. The van der Waals surface area contributed by atoms with E-state index in [1.165, 1.54) is 17.4 Å². The molecule has 0 unspecified atom stereocenters. The van der Waals surface area contributed by atoms with E-state index in [-0.39, 0.29) is 0 Å². The molecule has 0 N–H and O–H groups in total. The van der Waals surface area contributed by atoms with E-state index in [1.54, 1.807) is 29.5 Å². The zero-order valence-electron chi connectivity index (χ0n) is 11.3. The normalized spacial score (nSPS) is 11.3. The molecule has 0 bridgehead atoms. The summed E-state index contributed by atoms with van der Waals surface area (Å²) in [5.74, 6) is 1.24. The first-order valence-corrected chi connectivity index (χ1v) is 6.28. The van der Waals surface area contributed by atoms with Crippen molar-refractivity contribution in [3.05, 3.63) is 54.0 Å². The molecule has 0 saturated carbocycles. The van der Waals surface area contributed by atoms with Crippen molar-refractivity contribution >= 4 is 12.3 Å². The number of oxazole rings is 1. The van der Waals surface area contributed by atoms with Gasteiger partial charge < -0.3 is 4.42 Å². The summed E-state index contributed by atoms with van der Waals surface area (Å²) in [6, 6.07) is 6.28. The Kier molecular flexibility index (Phi) is 3.16. The highest BCUT2D eigenvalue weighted by Gasteiger charge is 2.04. The molecular formula is C15H14N4O. The monoisotopic (exact) mass is 266 g/mol. The van der Waals surface area contributed by atoms with Crippen molar-refractivity contribution in [2.75, 3.05) is 0 Å². The zero-order chi connectivity index (χ0) is 13.9. The minimum absolute atomic E-state index is 0.536. The van der Waals surface area contributed by atoms with Gasteiger partial charge in [0, 0.05) is 17.8 Å². The molecule has 0 amide bonds. The molecule has 0 aliphatic heterocycles. The average molecular weight is 266 g/mol. The molecule has 2 heterocycles. The van der Waals surface area contributed by atoms with Crippen LogP contribution in [-0.2, 0) is 0 Å². The van der Waals surface area contributed by atoms with Gasteiger partial charge in [-0.25, -0.2) is 14.6 Å². The number of benzene rings is 1. The van der Waals surface area contributed by atoms with Crippen LogP contribution in [-0.4, -0.2) is 19.7 Å². The van der Waals surface area contributed by atoms with E-state index in [9.17, 15) is 0 Å². The second-order valence-electron chi connectivity index (χ2n) is 4.61. The number of aryl methyl sites for hydroxylation is 2. The van der Waals surface area contributed by atoms with Crippen LogP contribution in [0.2, 0.25) is 0 Å². The van der Waals surface area contributed by atoms with Gasteiger partial charge in [0.15, 0.2) is 5.82 Å². The first-order valence-electron chi connectivity index (χ1n) is 6.28. The Morgan fingerprint density at radius 3 is 2.60 bits per heavy atom. The van der Waals surface area contributed by atoms with E-state index in [0.29, 0.717) is 11.7 Å². The van der Waals surface area contributed by atoms with E-state index < -0.39 is 0 Å². The lowest BCUT2D eigenvalue weighted by molar-refractivity contribution is 0.546. The fraction of sp³-hybridized carbons (Fsp3) is 0.133. The maximum atomic E-state index is 5.12. The molecule has 3 rings (SSSR count). The van der Waals surface area contributed by atoms with Crippen molar-refractivity contribution in [1.29, 1.82) is 0 Å². The van der Waals surface area contributed by atoms with Gasteiger partial charge in [-0.05, 0) is 26.0 Å². The first-order chi connectivity index (χ1) is 9.70. The van der Waals surface area contributed by atoms with Gasteiger partial charge in [-0.3, -0.25) is 0 Å². The van der Waals surface area contributed by atoms with Crippen molar-refractivity contribution in [3.8, 4) is 11.4 Å². The molecular weight excluding hydrogens is 252 g/mol. The molecule has 0 saturated heterocycles. The zero-order valence-corrected chi connectivity index (χ0v) is 11.3. The van der Waals surface area contributed by atoms with Crippen LogP contribution < -0.4 is 0 Å².